The van der Waals surface area contributed by atoms with Crippen molar-refractivity contribution >= 4 is 17.5 Å². The molecule has 2 rings (SSSR count). The SMILES string of the molecule is CO[C@@H]1CN(C(C)C)C[C@H]1NC(=O)c1c[nH]c(=O)c(Cl)c1. The van der Waals surface area contributed by atoms with Crippen molar-refractivity contribution in [3.8, 4) is 0 Å². The zero-order valence-electron chi connectivity index (χ0n) is 12.4. The van der Waals surface area contributed by atoms with E-state index in [-0.39, 0.29) is 23.1 Å². The number of nitrogens with one attached hydrogen (secondary N) is 2. The molecule has 21 heavy (non-hydrogen) atoms. The summed E-state index contributed by atoms with van der Waals surface area (Å²) in [6.45, 7) is 5.74. The maximum absolute atomic E-state index is 12.2. The fourth-order valence-corrected chi connectivity index (χ4v) is 2.61. The Kier molecular flexibility index (Phi) is 5.03. The highest BCUT2D eigenvalue weighted by atomic mass is 35.5. The highest BCUT2D eigenvalue weighted by Gasteiger charge is 2.35. The van der Waals surface area contributed by atoms with Crippen LogP contribution in [0.4, 0.5) is 0 Å². The second kappa shape index (κ2) is 6.60. The molecule has 2 heterocycles. The highest BCUT2D eigenvalue weighted by molar-refractivity contribution is 6.30. The molecule has 116 valence electrons. The van der Waals surface area contributed by atoms with Gasteiger partial charge in [-0.3, -0.25) is 14.5 Å². The summed E-state index contributed by atoms with van der Waals surface area (Å²) in [4.78, 5) is 28.1. The molecule has 1 aliphatic rings. The number of rotatable bonds is 4. The first-order valence-electron chi connectivity index (χ1n) is 6.88. The number of pyridine rings is 1. The van der Waals surface area contributed by atoms with Gasteiger partial charge in [-0.05, 0) is 19.9 Å². The van der Waals surface area contributed by atoms with Gasteiger partial charge in [-0.15, -0.1) is 0 Å². The van der Waals surface area contributed by atoms with Crippen LogP contribution in [0.5, 0.6) is 0 Å². The van der Waals surface area contributed by atoms with E-state index in [1.54, 1.807) is 7.11 Å². The number of likely N-dealkylation sites (tertiary alicyclic amines) is 1. The monoisotopic (exact) mass is 313 g/mol. The number of H-pyrrole nitrogens is 1. The Labute approximate surface area is 128 Å². The number of nitrogens with zero attached hydrogens (tertiary/aromatic N) is 1. The van der Waals surface area contributed by atoms with Crippen LogP contribution < -0.4 is 10.9 Å². The third kappa shape index (κ3) is 3.64. The number of carbonyl (C=O) groups is 1. The van der Waals surface area contributed by atoms with Crippen molar-refractivity contribution in [1.82, 2.24) is 15.2 Å². The van der Waals surface area contributed by atoms with Gasteiger partial charge < -0.3 is 15.0 Å². The first-order valence-corrected chi connectivity index (χ1v) is 7.26. The van der Waals surface area contributed by atoms with Gasteiger partial charge in [0.1, 0.15) is 5.02 Å². The van der Waals surface area contributed by atoms with Crippen molar-refractivity contribution in [3.05, 3.63) is 33.2 Å². The summed E-state index contributed by atoms with van der Waals surface area (Å²) < 4.78 is 5.44. The molecule has 0 spiro atoms. The molecule has 1 aromatic heterocycles. The molecular formula is C14H20ClN3O3. The lowest BCUT2D eigenvalue weighted by Gasteiger charge is -2.20. The quantitative estimate of drug-likeness (QED) is 0.865. The van der Waals surface area contributed by atoms with Crippen LogP contribution in [-0.4, -0.2) is 54.2 Å². The smallest absolute Gasteiger partial charge is 0.266 e. The molecule has 1 aromatic rings. The van der Waals surface area contributed by atoms with Gasteiger partial charge in [-0.25, -0.2) is 0 Å². The number of hydrogen-bond donors (Lipinski definition) is 2. The summed E-state index contributed by atoms with van der Waals surface area (Å²) in [5.74, 6) is -0.272. The van der Waals surface area contributed by atoms with Crippen molar-refractivity contribution in [1.29, 1.82) is 0 Å². The number of methoxy groups -OCH3 is 1. The van der Waals surface area contributed by atoms with Crippen molar-refractivity contribution < 1.29 is 9.53 Å². The average molecular weight is 314 g/mol. The normalized spacial score (nSPS) is 22.7. The van der Waals surface area contributed by atoms with Crippen LogP contribution in [0.15, 0.2) is 17.1 Å². The van der Waals surface area contributed by atoms with Gasteiger partial charge in [-0.2, -0.15) is 0 Å². The van der Waals surface area contributed by atoms with E-state index in [0.29, 0.717) is 11.6 Å². The van der Waals surface area contributed by atoms with E-state index in [1.165, 1.54) is 12.3 Å². The molecule has 0 unspecified atom stereocenters. The van der Waals surface area contributed by atoms with Gasteiger partial charge in [0.15, 0.2) is 0 Å². The van der Waals surface area contributed by atoms with Crippen LogP contribution in [0.2, 0.25) is 5.02 Å². The molecule has 1 saturated heterocycles. The summed E-state index contributed by atoms with van der Waals surface area (Å²) in [5.41, 5.74) is -0.0766. The minimum Gasteiger partial charge on any atom is -0.378 e. The average Bonchev–Trinajstić information content (AvgIpc) is 2.85. The number of halogens is 1. The fourth-order valence-electron chi connectivity index (χ4n) is 2.44. The summed E-state index contributed by atoms with van der Waals surface area (Å²) >= 11 is 5.74. The lowest BCUT2D eigenvalue weighted by atomic mass is 10.2. The molecule has 7 heteroatoms. The number of carbonyl (C=O) groups excluding carboxylic acids is 1. The first-order chi connectivity index (χ1) is 9.92. The second-order valence-electron chi connectivity index (χ2n) is 5.47. The molecule has 2 atom stereocenters. The molecule has 0 radical (unpaired) electrons. The molecule has 1 aliphatic heterocycles. The van der Waals surface area contributed by atoms with E-state index >= 15 is 0 Å². The van der Waals surface area contributed by atoms with Gasteiger partial charge >= 0.3 is 0 Å². The van der Waals surface area contributed by atoms with Crippen LogP contribution in [0.1, 0.15) is 24.2 Å². The lowest BCUT2D eigenvalue weighted by molar-refractivity contribution is 0.0753. The first kappa shape index (κ1) is 16.0. The third-order valence-electron chi connectivity index (χ3n) is 3.76. The molecule has 0 bridgehead atoms. The molecule has 1 fully saturated rings. The van der Waals surface area contributed by atoms with E-state index in [0.717, 1.165) is 13.1 Å². The van der Waals surface area contributed by atoms with E-state index in [2.05, 4.69) is 29.0 Å². The molecule has 6 nitrogen and oxygen atoms in total. The summed E-state index contributed by atoms with van der Waals surface area (Å²) in [6.07, 6.45) is 1.31. The van der Waals surface area contributed by atoms with Crippen LogP contribution in [-0.2, 0) is 4.74 Å². The summed E-state index contributed by atoms with van der Waals surface area (Å²) in [6, 6.07) is 1.68. The summed E-state index contributed by atoms with van der Waals surface area (Å²) in [7, 11) is 1.64. The second-order valence-corrected chi connectivity index (χ2v) is 5.87. The number of aromatic amines is 1. The Morgan fingerprint density at radius 1 is 1.52 bits per heavy atom. The molecule has 0 aliphatic carbocycles. The van der Waals surface area contributed by atoms with E-state index in [4.69, 9.17) is 16.3 Å². The van der Waals surface area contributed by atoms with Crippen LogP contribution >= 0.6 is 11.6 Å². The Morgan fingerprint density at radius 2 is 2.24 bits per heavy atom. The van der Waals surface area contributed by atoms with E-state index in [9.17, 15) is 9.59 Å². The predicted octanol–water partition coefficient (Wildman–Crippen LogP) is 0.866. The Morgan fingerprint density at radius 3 is 2.81 bits per heavy atom. The topological polar surface area (TPSA) is 74.4 Å². The maximum atomic E-state index is 12.2. The maximum Gasteiger partial charge on any atom is 0.266 e. The summed E-state index contributed by atoms with van der Waals surface area (Å²) in [5, 5.41) is 2.94. The number of hydrogen-bond acceptors (Lipinski definition) is 4. The van der Waals surface area contributed by atoms with E-state index < -0.39 is 5.56 Å². The number of ether oxygens (including phenoxy) is 1. The molecule has 2 N–H and O–H groups in total. The molecule has 1 amide bonds. The molecule has 0 aromatic carbocycles. The largest absolute Gasteiger partial charge is 0.378 e. The van der Waals surface area contributed by atoms with Gasteiger partial charge in [-0.1, -0.05) is 11.6 Å². The lowest BCUT2D eigenvalue weighted by Crippen LogP contribution is -2.43. The van der Waals surface area contributed by atoms with Gasteiger partial charge in [0.2, 0.25) is 0 Å². The number of amides is 1. The van der Waals surface area contributed by atoms with Crippen molar-refractivity contribution in [2.75, 3.05) is 20.2 Å². The molecule has 0 saturated carbocycles. The highest BCUT2D eigenvalue weighted by Crippen LogP contribution is 2.16. The third-order valence-corrected chi connectivity index (χ3v) is 4.04. The zero-order chi connectivity index (χ0) is 15.6. The van der Waals surface area contributed by atoms with Crippen molar-refractivity contribution in [2.45, 2.75) is 32.0 Å². The predicted molar refractivity (Wildman–Crippen MR) is 80.8 cm³/mol. The minimum absolute atomic E-state index is 0.00108. The Bertz CT molecular complexity index is 573. The number of aromatic nitrogens is 1. The Balaban J connectivity index is 2.07. The van der Waals surface area contributed by atoms with E-state index in [1.807, 2.05) is 0 Å². The van der Waals surface area contributed by atoms with Crippen LogP contribution in [0.3, 0.4) is 0 Å². The van der Waals surface area contributed by atoms with Gasteiger partial charge in [0.25, 0.3) is 11.5 Å². The van der Waals surface area contributed by atoms with Gasteiger partial charge in [0, 0.05) is 32.4 Å². The zero-order valence-corrected chi connectivity index (χ0v) is 13.1. The Hall–Kier alpha value is -1.37. The van der Waals surface area contributed by atoms with Crippen LogP contribution in [0, 0.1) is 0 Å². The standard InChI is InChI=1S/C14H20ClN3O3/c1-8(2)18-6-11(12(7-18)21-3)17-13(19)9-4-10(15)14(20)16-5-9/h4-5,8,11-12H,6-7H2,1-3H3,(H,16,20)(H,17,19)/t11-,12-/m1/s1. The van der Waals surface area contributed by atoms with Crippen LogP contribution in [0.25, 0.3) is 0 Å². The fraction of sp³-hybridized carbons (Fsp3) is 0.571. The van der Waals surface area contributed by atoms with Crippen molar-refractivity contribution in [2.24, 2.45) is 0 Å². The minimum atomic E-state index is -0.408. The molecular weight excluding hydrogens is 294 g/mol. The van der Waals surface area contributed by atoms with Crippen molar-refractivity contribution in [3.63, 3.8) is 0 Å². The van der Waals surface area contributed by atoms with Gasteiger partial charge in [0.05, 0.1) is 17.7 Å².